The number of nitrogens with zero attached hydrogens (tertiary/aromatic N) is 2. The minimum atomic E-state index is -0.442. The fourth-order valence-electron chi connectivity index (χ4n) is 2.83. The molecule has 5 heteroatoms. The van der Waals surface area contributed by atoms with Crippen LogP contribution in [0.15, 0.2) is 48.5 Å². The molecule has 2 N–H and O–H groups in total. The van der Waals surface area contributed by atoms with Gasteiger partial charge in [0.25, 0.3) is 5.91 Å². The Kier molecular flexibility index (Phi) is 4.20. The molecule has 22 heavy (non-hydrogen) atoms. The van der Waals surface area contributed by atoms with Crippen LogP contribution in [0.1, 0.15) is 10.4 Å². The number of carbonyl (C=O) groups excluding carboxylic acids is 1. The van der Waals surface area contributed by atoms with Crippen LogP contribution in [0.25, 0.3) is 0 Å². The minimum absolute atomic E-state index is 0.442. The van der Waals surface area contributed by atoms with Crippen LogP contribution in [-0.4, -0.2) is 32.1 Å². The summed E-state index contributed by atoms with van der Waals surface area (Å²) in [5.74, 6) is -0.442. The predicted molar refractivity (Wildman–Crippen MR) is 90.8 cm³/mol. The van der Waals surface area contributed by atoms with Crippen LogP contribution < -0.4 is 15.5 Å². The van der Waals surface area contributed by atoms with Crippen LogP contribution in [0, 0.1) is 0 Å². The second kappa shape index (κ2) is 6.28. The number of nitrogens with two attached hydrogens (primary N) is 1. The highest BCUT2D eigenvalue weighted by Crippen LogP contribution is 2.26. The normalized spacial score (nSPS) is 15.0. The zero-order valence-electron chi connectivity index (χ0n) is 12.2. The Hall–Kier alpha value is -2.20. The second-order valence-electron chi connectivity index (χ2n) is 5.34. The van der Waals surface area contributed by atoms with Crippen molar-refractivity contribution in [2.24, 2.45) is 5.73 Å². The molecule has 0 unspecified atom stereocenters. The Labute approximate surface area is 135 Å². The Morgan fingerprint density at radius 2 is 1.59 bits per heavy atom. The molecule has 4 nitrogen and oxygen atoms in total. The van der Waals surface area contributed by atoms with Crippen molar-refractivity contribution < 1.29 is 4.79 Å². The van der Waals surface area contributed by atoms with Gasteiger partial charge in [-0.05, 0) is 30.3 Å². The van der Waals surface area contributed by atoms with Gasteiger partial charge in [-0.2, -0.15) is 0 Å². The zero-order valence-corrected chi connectivity index (χ0v) is 13.0. The third-order valence-corrected chi connectivity index (χ3v) is 4.20. The quantitative estimate of drug-likeness (QED) is 0.947. The molecule has 114 valence electrons. The lowest BCUT2D eigenvalue weighted by molar-refractivity contribution is 0.100. The van der Waals surface area contributed by atoms with E-state index in [1.807, 2.05) is 24.3 Å². The van der Waals surface area contributed by atoms with Crippen LogP contribution in [0.3, 0.4) is 0 Å². The first-order valence-corrected chi connectivity index (χ1v) is 7.67. The van der Waals surface area contributed by atoms with Gasteiger partial charge in [0.15, 0.2) is 0 Å². The van der Waals surface area contributed by atoms with E-state index in [0.29, 0.717) is 10.6 Å². The number of carbonyl (C=O) groups is 1. The monoisotopic (exact) mass is 315 g/mol. The van der Waals surface area contributed by atoms with Crippen LogP contribution >= 0.6 is 11.6 Å². The number of anilines is 2. The first-order chi connectivity index (χ1) is 10.6. The van der Waals surface area contributed by atoms with Crippen LogP contribution in [0.4, 0.5) is 11.4 Å². The number of benzene rings is 2. The third-order valence-electron chi connectivity index (χ3n) is 3.97. The maximum absolute atomic E-state index is 11.6. The van der Waals surface area contributed by atoms with E-state index in [-0.39, 0.29) is 0 Å². The first kappa shape index (κ1) is 14.7. The standard InChI is InChI=1S/C17H18ClN3O/c18-13-6-7-16(15(12-13)17(19)22)21-10-8-20(9-11-21)14-4-2-1-3-5-14/h1-7,12H,8-11H2,(H2,19,22). The molecule has 0 aromatic heterocycles. The molecule has 2 aromatic rings. The Bertz CT molecular complexity index is 667. The van der Waals surface area contributed by atoms with E-state index in [0.717, 1.165) is 31.9 Å². The first-order valence-electron chi connectivity index (χ1n) is 7.29. The van der Waals surface area contributed by atoms with Crippen molar-refractivity contribution >= 4 is 28.9 Å². The largest absolute Gasteiger partial charge is 0.368 e. The Balaban J connectivity index is 1.76. The van der Waals surface area contributed by atoms with E-state index in [1.165, 1.54) is 5.69 Å². The number of rotatable bonds is 3. The molecule has 0 atom stereocenters. The van der Waals surface area contributed by atoms with Crippen molar-refractivity contribution in [3.63, 3.8) is 0 Å². The molecule has 0 radical (unpaired) electrons. The summed E-state index contributed by atoms with van der Waals surface area (Å²) in [5.41, 5.74) is 8.06. The molecule has 0 bridgehead atoms. The number of primary amides is 1. The number of hydrogen-bond donors (Lipinski definition) is 1. The number of halogens is 1. The lowest BCUT2D eigenvalue weighted by Crippen LogP contribution is -2.47. The maximum Gasteiger partial charge on any atom is 0.250 e. The van der Waals surface area contributed by atoms with Gasteiger partial charge in [-0.1, -0.05) is 29.8 Å². The lowest BCUT2D eigenvalue weighted by atomic mass is 10.1. The second-order valence-corrected chi connectivity index (χ2v) is 5.77. The summed E-state index contributed by atoms with van der Waals surface area (Å²) in [4.78, 5) is 16.2. The molecule has 2 aromatic carbocycles. The van der Waals surface area contributed by atoms with Crippen molar-refractivity contribution in [2.45, 2.75) is 0 Å². The molecule has 1 aliphatic rings. The van der Waals surface area contributed by atoms with E-state index < -0.39 is 5.91 Å². The maximum atomic E-state index is 11.6. The van der Waals surface area contributed by atoms with Gasteiger partial charge in [-0.25, -0.2) is 0 Å². The molecule has 1 aliphatic heterocycles. The van der Waals surface area contributed by atoms with E-state index in [4.69, 9.17) is 17.3 Å². The summed E-state index contributed by atoms with van der Waals surface area (Å²) in [7, 11) is 0. The van der Waals surface area contributed by atoms with Crippen LogP contribution in [-0.2, 0) is 0 Å². The van der Waals surface area contributed by atoms with Gasteiger partial charge in [0.05, 0.1) is 5.56 Å². The van der Waals surface area contributed by atoms with Crippen LogP contribution in [0.5, 0.6) is 0 Å². The molecule has 1 heterocycles. The van der Waals surface area contributed by atoms with Gasteiger partial charge in [-0.15, -0.1) is 0 Å². The number of hydrogen-bond acceptors (Lipinski definition) is 3. The van der Waals surface area contributed by atoms with Crippen molar-refractivity contribution in [3.05, 3.63) is 59.1 Å². The number of piperazine rings is 1. The topological polar surface area (TPSA) is 49.6 Å². The van der Waals surface area contributed by atoms with E-state index in [1.54, 1.807) is 12.1 Å². The average Bonchev–Trinajstić information content (AvgIpc) is 2.56. The molecule has 1 fully saturated rings. The molecule has 0 aliphatic carbocycles. The van der Waals surface area contributed by atoms with Gasteiger partial charge in [-0.3, -0.25) is 4.79 Å². The van der Waals surface area contributed by atoms with Gasteiger partial charge >= 0.3 is 0 Å². The minimum Gasteiger partial charge on any atom is -0.368 e. The van der Waals surface area contributed by atoms with Gasteiger partial charge < -0.3 is 15.5 Å². The summed E-state index contributed by atoms with van der Waals surface area (Å²) in [6.07, 6.45) is 0. The highest BCUT2D eigenvalue weighted by Gasteiger charge is 2.21. The van der Waals surface area contributed by atoms with Crippen molar-refractivity contribution in [3.8, 4) is 0 Å². The van der Waals surface area contributed by atoms with Gasteiger partial charge in [0.2, 0.25) is 0 Å². The highest BCUT2D eigenvalue weighted by molar-refractivity contribution is 6.31. The molecule has 1 saturated heterocycles. The molecule has 0 saturated carbocycles. The molecular weight excluding hydrogens is 298 g/mol. The Morgan fingerprint density at radius 3 is 2.23 bits per heavy atom. The molecular formula is C17H18ClN3O. The van der Waals surface area contributed by atoms with E-state index >= 15 is 0 Å². The van der Waals surface area contributed by atoms with Gasteiger partial charge in [0, 0.05) is 42.6 Å². The van der Waals surface area contributed by atoms with E-state index in [9.17, 15) is 4.79 Å². The number of para-hydroxylation sites is 1. The van der Waals surface area contributed by atoms with E-state index in [2.05, 4.69) is 21.9 Å². The Morgan fingerprint density at radius 1 is 0.955 bits per heavy atom. The summed E-state index contributed by atoms with van der Waals surface area (Å²) >= 11 is 5.97. The molecule has 3 rings (SSSR count). The molecule has 1 amide bonds. The summed E-state index contributed by atoms with van der Waals surface area (Å²) in [5, 5.41) is 0.528. The highest BCUT2D eigenvalue weighted by atomic mass is 35.5. The van der Waals surface area contributed by atoms with Crippen molar-refractivity contribution in [2.75, 3.05) is 36.0 Å². The SMILES string of the molecule is NC(=O)c1cc(Cl)ccc1N1CCN(c2ccccc2)CC1. The van der Waals surface area contributed by atoms with Crippen molar-refractivity contribution in [1.29, 1.82) is 0 Å². The van der Waals surface area contributed by atoms with Gasteiger partial charge in [0.1, 0.15) is 0 Å². The summed E-state index contributed by atoms with van der Waals surface area (Å²) in [6, 6.07) is 15.7. The summed E-state index contributed by atoms with van der Waals surface area (Å²) in [6.45, 7) is 3.50. The fourth-order valence-corrected chi connectivity index (χ4v) is 3.00. The average molecular weight is 316 g/mol. The smallest absolute Gasteiger partial charge is 0.250 e. The lowest BCUT2D eigenvalue weighted by Gasteiger charge is -2.38. The molecule has 0 spiro atoms. The number of amides is 1. The fraction of sp³-hybridized carbons (Fsp3) is 0.235. The van der Waals surface area contributed by atoms with Crippen molar-refractivity contribution in [1.82, 2.24) is 0 Å². The zero-order chi connectivity index (χ0) is 15.5. The predicted octanol–water partition coefficient (Wildman–Crippen LogP) is 2.77. The third kappa shape index (κ3) is 3.02. The van der Waals surface area contributed by atoms with Crippen LogP contribution in [0.2, 0.25) is 5.02 Å². The summed E-state index contributed by atoms with van der Waals surface area (Å²) < 4.78 is 0.